The Bertz CT molecular complexity index is 146. The molecule has 2 fully saturated rings. The van der Waals surface area contributed by atoms with E-state index in [-0.39, 0.29) is 0 Å². The molecule has 2 nitrogen and oxygen atoms in total. The van der Waals surface area contributed by atoms with Crippen LogP contribution in [-0.2, 0) is 0 Å². The molecule has 0 aromatic carbocycles. The third kappa shape index (κ3) is 3.25. The van der Waals surface area contributed by atoms with E-state index in [4.69, 9.17) is 0 Å². The van der Waals surface area contributed by atoms with Crippen molar-refractivity contribution >= 4 is 0 Å². The molecule has 1 atom stereocenters. The van der Waals surface area contributed by atoms with Gasteiger partial charge in [-0.1, -0.05) is 12.8 Å². The highest BCUT2D eigenvalue weighted by atomic mass is 14.9. The molecule has 0 amide bonds. The van der Waals surface area contributed by atoms with Crippen molar-refractivity contribution in [3.8, 4) is 0 Å². The molecular weight excluding hydrogens is 172 g/mol. The van der Waals surface area contributed by atoms with E-state index in [9.17, 15) is 0 Å². The highest BCUT2D eigenvalue weighted by Crippen LogP contribution is 2.20. The molecule has 0 saturated carbocycles. The lowest BCUT2D eigenvalue weighted by Gasteiger charge is -2.22. The normalized spacial score (nSPS) is 29.6. The second-order valence-electron chi connectivity index (χ2n) is 4.92. The minimum absolute atomic E-state index is 0.858. The summed E-state index contributed by atoms with van der Waals surface area (Å²) in [4.78, 5) is 0. The zero-order valence-electron chi connectivity index (χ0n) is 9.23. The molecule has 0 aromatic heterocycles. The van der Waals surface area contributed by atoms with Crippen LogP contribution >= 0.6 is 0 Å². The first-order chi connectivity index (χ1) is 6.95. The van der Waals surface area contributed by atoms with Crippen molar-refractivity contribution in [3.63, 3.8) is 0 Å². The van der Waals surface area contributed by atoms with Gasteiger partial charge in [0.2, 0.25) is 0 Å². The van der Waals surface area contributed by atoms with Gasteiger partial charge in [0.05, 0.1) is 0 Å². The summed E-state index contributed by atoms with van der Waals surface area (Å²) in [5.74, 6) is 1.03. The molecule has 2 heterocycles. The second kappa shape index (κ2) is 5.72. The summed E-state index contributed by atoms with van der Waals surface area (Å²) in [5.41, 5.74) is 0. The van der Waals surface area contributed by atoms with Gasteiger partial charge in [0.25, 0.3) is 0 Å². The van der Waals surface area contributed by atoms with Gasteiger partial charge in [-0.05, 0) is 57.7 Å². The molecule has 0 bridgehead atoms. The monoisotopic (exact) mass is 196 g/mol. The van der Waals surface area contributed by atoms with Crippen LogP contribution in [0.25, 0.3) is 0 Å². The standard InChI is InChI=1S/C12H24N2/c1(4-12-5-2-8-14-12)3-11-6-9-13-10-7-11/h11-14H,1-10H2. The molecule has 2 rings (SSSR count). The summed E-state index contributed by atoms with van der Waals surface area (Å²) >= 11 is 0. The zero-order valence-corrected chi connectivity index (χ0v) is 9.23. The van der Waals surface area contributed by atoms with Crippen LogP contribution in [0.1, 0.15) is 44.9 Å². The van der Waals surface area contributed by atoms with E-state index in [1.165, 1.54) is 64.6 Å². The van der Waals surface area contributed by atoms with Crippen molar-refractivity contribution < 1.29 is 0 Å². The molecule has 0 aromatic rings. The van der Waals surface area contributed by atoms with Gasteiger partial charge in [0, 0.05) is 6.04 Å². The highest BCUT2D eigenvalue weighted by molar-refractivity contribution is 4.75. The maximum absolute atomic E-state index is 3.58. The third-order valence-corrected chi connectivity index (χ3v) is 3.79. The smallest absolute Gasteiger partial charge is 0.00675 e. The maximum Gasteiger partial charge on any atom is 0.00675 e. The fraction of sp³-hybridized carbons (Fsp3) is 1.00. The Kier molecular flexibility index (Phi) is 4.26. The van der Waals surface area contributed by atoms with Crippen molar-refractivity contribution in [3.05, 3.63) is 0 Å². The molecule has 0 spiro atoms. The van der Waals surface area contributed by atoms with Gasteiger partial charge in [-0.2, -0.15) is 0 Å². The Morgan fingerprint density at radius 2 is 1.79 bits per heavy atom. The minimum atomic E-state index is 0.858. The molecule has 0 aliphatic carbocycles. The first-order valence-electron chi connectivity index (χ1n) is 6.39. The van der Waals surface area contributed by atoms with E-state index in [1.54, 1.807) is 0 Å². The molecule has 2 N–H and O–H groups in total. The SMILES string of the molecule is C1CNC(CCCC2CCNCC2)C1. The van der Waals surface area contributed by atoms with Crippen LogP contribution < -0.4 is 10.6 Å². The first kappa shape index (κ1) is 10.4. The molecule has 82 valence electrons. The lowest BCUT2D eigenvalue weighted by molar-refractivity contribution is 0.337. The van der Waals surface area contributed by atoms with Crippen molar-refractivity contribution in [1.29, 1.82) is 0 Å². The third-order valence-electron chi connectivity index (χ3n) is 3.79. The lowest BCUT2D eigenvalue weighted by atomic mass is 9.91. The number of rotatable bonds is 4. The summed E-state index contributed by atoms with van der Waals surface area (Å²) in [6.45, 7) is 3.77. The number of hydrogen-bond acceptors (Lipinski definition) is 2. The van der Waals surface area contributed by atoms with Crippen LogP contribution in [0.2, 0.25) is 0 Å². The van der Waals surface area contributed by atoms with Gasteiger partial charge in [-0.25, -0.2) is 0 Å². The Labute approximate surface area is 87.8 Å². The predicted octanol–water partition coefficient (Wildman–Crippen LogP) is 1.91. The number of nitrogens with one attached hydrogen (secondary N) is 2. The predicted molar refractivity (Wildman–Crippen MR) is 60.5 cm³/mol. The largest absolute Gasteiger partial charge is 0.317 e. The molecule has 2 saturated heterocycles. The van der Waals surface area contributed by atoms with Crippen LogP contribution in [0, 0.1) is 5.92 Å². The molecule has 2 heteroatoms. The summed E-state index contributed by atoms with van der Waals surface area (Å²) in [5, 5.41) is 7.02. The van der Waals surface area contributed by atoms with E-state index in [2.05, 4.69) is 10.6 Å². The average molecular weight is 196 g/mol. The van der Waals surface area contributed by atoms with E-state index >= 15 is 0 Å². The molecule has 0 radical (unpaired) electrons. The average Bonchev–Trinajstić information content (AvgIpc) is 2.72. The van der Waals surface area contributed by atoms with Crippen LogP contribution in [0.4, 0.5) is 0 Å². The van der Waals surface area contributed by atoms with Crippen LogP contribution in [-0.4, -0.2) is 25.7 Å². The van der Waals surface area contributed by atoms with Crippen molar-refractivity contribution in [2.45, 2.75) is 51.0 Å². The van der Waals surface area contributed by atoms with E-state index < -0.39 is 0 Å². The van der Waals surface area contributed by atoms with Crippen LogP contribution in [0.3, 0.4) is 0 Å². The van der Waals surface area contributed by atoms with Crippen LogP contribution in [0.15, 0.2) is 0 Å². The zero-order chi connectivity index (χ0) is 9.64. The summed E-state index contributed by atoms with van der Waals surface area (Å²) in [7, 11) is 0. The van der Waals surface area contributed by atoms with Gasteiger partial charge in [-0.3, -0.25) is 0 Å². The summed E-state index contributed by atoms with van der Waals surface area (Å²) in [6, 6.07) is 0.858. The minimum Gasteiger partial charge on any atom is -0.317 e. The van der Waals surface area contributed by atoms with E-state index in [0.29, 0.717) is 0 Å². The van der Waals surface area contributed by atoms with Gasteiger partial charge < -0.3 is 10.6 Å². The highest BCUT2D eigenvalue weighted by Gasteiger charge is 2.16. The summed E-state index contributed by atoms with van der Waals surface area (Å²) < 4.78 is 0. The van der Waals surface area contributed by atoms with Gasteiger partial charge in [-0.15, -0.1) is 0 Å². The summed E-state index contributed by atoms with van der Waals surface area (Å²) in [6.07, 6.45) is 9.99. The maximum atomic E-state index is 3.58. The van der Waals surface area contributed by atoms with Crippen LogP contribution in [0.5, 0.6) is 0 Å². The molecule has 14 heavy (non-hydrogen) atoms. The Morgan fingerprint density at radius 3 is 2.50 bits per heavy atom. The van der Waals surface area contributed by atoms with Crippen molar-refractivity contribution in [2.24, 2.45) is 5.92 Å². The Hall–Kier alpha value is -0.0800. The number of piperidine rings is 1. The lowest BCUT2D eigenvalue weighted by Crippen LogP contribution is -2.28. The fourth-order valence-corrected chi connectivity index (χ4v) is 2.83. The van der Waals surface area contributed by atoms with Gasteiger partial charge in [0.1, 0.15) is 0 Å². The molecular formula is C12H24N2. The van der Waals surface area contributed by atoms with E-state index in [0.717, 1.165) is 12.0 Å². The first-order valence-corrected chi connectivity index (χ1v) is 6.39. The molecule has 1 unspecified atom stereocenters. The Balaban J connectivity index is 1.52. The molecule has 2 aliphatic rings. The Morgan fingerprint density at radius 1 is 0.929 bits per heavy atom. The second-order valence-corrected chi connectivity index (χ2v) is 4.92. The van der Waals surface area contributed by atoms with Crippen molar-refractivity contribution in [1.82, 2.24) is 10.6 Å². The van der Waals surface area contributed by atoms with Gasteiger partial charge in [0.15, 0.2) is 0 Å². The molecule has 2 aliphatic heterocycles. The number of hydrogen-bond donors (Lipinski definition) is 2. The van der Waals surface area contributed by atoms with Gasteiger partial charge >= 0.3 is 0 Å². The van der Waals surface area contributed by atoms with Crippen molar-refractivity contribution in [2.75, 3.05) is 19.6 Å². The topological polar surface area (TPSA) is 24.1 Å². The quantitative estimate of drug-likeness (QED) is 0.717. The fourth-order valence-electron chi connectivity index (χ4n) is 2.83. The van der Waals surface area contributed by atoms with E-state index in [1.807, 2.05) is 0 Å².